The van der Waals surface area contributed by atoms with Gasteiger partial charge in [0.1, 0.15) is 25.4 Å². The summed E-state index contributed by atoms with van der Waals surface area (Å²) in [6, 6.07) is 23.2. The van der Waals surface area contributed by atoms with E-state index in [1.54, 1.807) is 0 Å². The summed E-state index contributed by atoms with van der Waals surface area (Å²) >= 11 is 22.3. The fourth-order valence-electron chi connectivity index (χ4n) is 8.74. The van der Waals surface area contributed by atoms with Gasteiger partial charge in [0.15, 0.2) is 69.5 Å². The van der Waals surface area contributed by atoms with Crippen molar-refractivity contribution in [3.8, 4) is 0 Å². The molecule has 3 aromatic carbocycles. The molecule has 466 valence electrons. The summed E-state index contributed by atoms with van der Waals surface area (Å²) in [6.07, 6.45) is -12.8. The van der Waals surface area contributed by atoms with Gasteiger partial charge in [0.25, 0.3) is 0 Å². The summed E-state index contributed by atoms with van der Waals surface area (Å²) in [7, 11) is 0. The Morgan fingerprint density at radius 3 is 0.884 bits per heavy atom. The molecule has 0 spiro atoms. The first-order valence-electron chi connectivity index (χ1n) is 26.8. The van der Waals surface area contributed by atoms with Crippen molar-refractivity contribution in [3.05, 3.63) is 106 Å². The number of benzene rings is 3. The van der Waals surface area contributed by atoms with Crippen LogP contribution in [0.3, 0.4) is 0 Å². The third kappa shape index (κ3) is 23.9. The molecule has 0 radical (unpaired) electrons. The number of hydrogen-bond donors (Lipinski definition) is 8. The summed E-state index contributed by atoms with van der Waals surface area (Å²) in [6.45, 7) is 10.7. The average molecular weight is 1270 g/mol. The molecular weight excluding hydrogens is 1200 g/mol. The Balaban J connectivity index is 1.04. The van der Waals surface area contributed by atoms with Gasteiger partial charge in [-0.05, 0) is 82.3 Å². The maximum atomic E-state index is 12.2. The minimum absolute atomic E-state index is 0.0772. The molecule has 2 aliphatic heterocycles. The molecule has 2 saturated heterocycles. The van der Waals surface area contributed by atoms with Gasteiger partial charge >= 0.3 is 47.8 Å². The van der Waals surface area contributed by atoms with E-state index in [9.17, 15) is 38.4 Å². The molecule has 26 nitrogen and oxygen atoms in total. The number of hydrogen-bond acceptors (Lipinski definition) is 22. The number of ether oxygens (including phenoxy) is 10. The van der Waals surface area contributed by atoms with E-state index in [4.69, 9.17) is 96.2 Å². The third-order valence-corrected chi connectivity index (χ3v) is 13.4. The van der Waals surface area contributed by atoms with Gasteiger partial charge in [0, 0.05) is 94.7 Å². The van der Waals surface area contributed by atoms with Gasteiger partial charge in [-0.15, -0.1) is 0 Å². The molecule has 2 fully saturated rings. The van der Waals surface area contributed by atoms with Crippen LogP contribution in [0.5, 0.6) is 0 Å². The lowest BCUT2D eigenvalue weighted by molar-refractivity contribution is -0.255. The van der Waals surface area contributed by atoms with Crippen LogP contribution in [0.4, 0.5) is 0 Å². The van der Waals surface area contributed by atoms with Crippen molar-refractivity contribution in [2.24, 2.45) is 0 Å². The number of rotatable bonds is 24. The van der Waals surface area contributed by atoms with E-state index in [2.05, 4.69) is 42.5 Å². The molecule has 0 aromatic heterocycles. The van der Waals surface area contributed by atoms with Gasteiger partial charge in [0.05, 0.1) is 0 Å². The lowest BCUT2D eigenvalue weighted by Crippen LogP contribution is -2.66. The van der Waals surface area contributed by atoms with Crippen LogP contribution in [0.25, 0.3) is 0 Å². The quantitative estimate of drug-likeness (QED) is 0.0362. The Bertz CT molecular complexity index is 2750. The predicted octanol–water partition coefficient (Wildman–Crippen LogP) is 2.11. The molecule has 5 rings (SSSR count). The summed E-state index contributed by atoms with van der Waals surface area (Å²) in [5, 5.41) is 26.0. The maximum Gasteiger partial charge on any atom is 0.303 e. The van der Waals surface area contributed by atoms with Gasteiger partial charge in [0.2, 0.25) is 0 Å². The highest BCUT2D eigenvalue weighted by molar-refractivity contribution is 7.80. The van der Waals surface area contributed by atoms with Crippen LogP contribution in [-0.2, 0) is 125 Å². The van der Waals surface area contributed by atoms with Crippen molar-refractivity contribution in [3.63, 3.8) is 0 Å². The molecule has 30 heteroatoms. The zero-order valence-electron chi connectivity index (χ0n) is 48.3. The molecule has 0 unspecified atom stereocenters. The lowest BCUT2D eigenvalue weighted by Gasteiger charge is -2.44. The van der Waals surface area contributed by atoms with Crippen LogP contribution < -0.4 is 42.5 Å². The monoisotopic (exact) mass is 1270 g/mol. The van der Waals surface area contributed by atoms with Gasteiger partial charge in [-0.1, -0.05) is 72.8 Å². The van der Waals surface area contributed by atoms with Crippen molar-refractivity contribution in [1.29, 1.82) is 0 Å². The second-order valence-electron chi connectivity index (χ2n) is 19.4. The smallest absolute Gasteiger partial charge is 0.303 e. The van der Waals surface area contributed by atoms with E-state index in [1.165, 1.54) is 13.8 Å². The summed E-state index contributed by atoms with van der Waals surface area (Å²) in [4.78, 5) is 96.4. The molecular formula is C56H70N8O18S4. The molecule has 0 aliphatic carbocycles. The number of nitrogens with one attached hydrogen (secondary N) is 8. The van der Waals surface area contributed by atoms with E-state index in [-0.39, 0.29) is 36.5 Å². The highest BCUT2D eigenvalue weighted by atomic mass is 32.1. The van der Waals surface area contributed by atoms with Gasteiger partial charge < -0.3 is 89.9 Å². The van der Waals surface area contributed by atoms with Crippen LogP contribution in [0.15, 0.2) is 72.8 Å². The Labute approximate surface area is 518 Å². The van der Waals surface area contributed by atoms with Crippen molar-refractivity contribution in [2.75, 3.05) is 13.2 Å². The Kier molecular flexibility index (Phi) is 27.5. The average Bonchev–Trinajstić information content (AvgIpc) is 2.25. The third-order valence-electron chi connectivity index (χ3n) is 12.3. The minimum Gasteiger partial charge on any atom is -0.463 e. The lowest BCUT2D eigenvalue weighted by atomic mass is 9.97. The first-order chi connectivity index (χ1) is 40.8. The number of esters is 8. The van der Waals surface area contributed by atoms with Crippen molar-refractivity contribution in [2.45, 2.75) is 156 Å². The molecule has 10 atom stereocenters. The van der Waals surface area contributed by atoms with Gasteiger partial charge in [-0.3, -0.25) is 38.4 Å². The molecule has 8 N–H and O–H groups in total. The molecule has 0 bridgehead atoms. The fraction of sp³-hybridized carbons (Fsp3) is 0.464. The van der Waals surface area contributed by atoms with E-state index in [1.807, 2.05) is 72.8 Å². The highest BCUT2D eigenvalue weighted by Gasteiger charge is 2.54. The zero-order valence-corrected chi connectivity index (χ0v) is 51.6. The Morgan fingerprint density at radius 1 is 0.349 bits per heavy atom. The van der Waals surface area contributed by atoms with Crippen LogP contribution >= 0.6 is 48.9 Å². The van der Waals surface area contributed by atoms with Crippen LogP contribution in [-0.4, -0.2) is 143 Å². The summed E-state index contributed by atoms with van der Waals surface area (Å²) in [5.41, 5.74) is 5.54. The van der Waals surface area contributed by atoms with E-state index < -0.39 is 109 Å². The minimum atomic E-state index is -1.36. The topological polar surface area (TPSA) is 325 Å². The van der Waals surface area contributed by atoms with Gasteiger partial charge in [-0.25, -0.2) is 0 Å². The molecule has 2 aliphatic rings. The van der Waals surface area contributed by atoms with Crippen molar-refractivity contribution >= 4 is 117 Å². The molecule has 86 heavy (non-hydrogen) atoms. The van der Waals surface area contributed by atoms with E-state index in [0.29, 0.717) is 36.4 Å². The van der Waals surface area contributed by atoms with Gasteiger partial charge in [-0.2, -0.15) is 0 Å². The predicted molar refractivity (Wildman–Crippen MR) is 321 cm³/mol. The largest absolute Gasteiger partial charge is 0.463 e. The number of carbonyl (C=O) groups excluding carboxylic acids is 8. The molecule has 0 saturated carbocycles. The van der Waals surface area contributed by atoms with E-state index in [0.717, 1.165) is 74.9 Å². The highest BCUT2D eigenvalue weighted by Crippen LogP contribution is 2.30. The summed E-state index contributed by atoms with van der Waals surface area (Å²) < 4.78 is 55.3. The maximum absolute atomic E-state index is 12.2. The molecule has 3 aromatic rings. The van der Waals surface area contributed by atoms with E-state index >= 15 is 0 Å². The zero-order chi connectivity index (χ0) is 63.0. The first kappa shape index (κ1) is 68.9. The van der Waals surface area contributed by atoms with Crippen LogP contribution in [0.2, 0.25) is 0 Å². The second-order valence-corrected chi connectivity index (χ2v) is 21.1. The molecule has 2 heterocycles. The number of carbonyl (C=O) groups is 8. The van der Waals surface area contributed by atoms with Crippen molar-refractivity contribution < 1.29 is 85.7 Å². The van der Waals surface area contributed by atoms with Crippen LogP contribution in [0, 0.1) is 0 Å². The normalized spacial score (nSPS) is 21.2. The van der Waals surface area contributed by atoms with Crippen LogP contribution in [0.1, 0.15) is 88.8 Å². The summed E-state index contributed by atoms with van der Waals surface area (Å²) in [5.74, 6) is -5.77. The fourth-order valence-corrected chi connectivity index (χ4v) is 9.41. The Hall–Kier alpha value is -7.90. The van der Waals surface area contributed by atoms with Crippen molar-refractivity contribution in [1.82, 2.24) is 42.5 Å². The second kappa shape index (κ2) is 34.3. The molecule has 0 amide bonds. The SMILES string of the molecule is CC(=O)OC[C@H]1O[C@@H](NC(=S)NCc2cccc(CNC(=S)NCc3ccc(CNC(=S)NCc4cccc(CNC(=S)N[C@@H]5O[C@H](COC(C)=O)[C@@H](OC(C)=O)[C@H](OC(C)=O)[C@H]5OC(C)=O)c4)cc3)c2)[C@H](OC(C)=O)[C@@H](OC(C)=O)[C@@H]1OC(C)=O. The first-order valence-corrected chi connectivity index (χ1v) is 28.4. The number of thiocarbonyl (C=S) groups is 4. The Morgan fingerprint density at radius 2 is 0.605 bits per heavy atom. The standard InChI is InChI=1S/C56H70N8O18S4/c1-29(65)73-27-43-45(75-31(3)67)47(77-33(5)69)49(79-35(7)71)51(81-43)63-55(85)61-25-41-13-9-11-39(19-41)23-59-53(83)57-21-37-15-17-38(18-16-37)22-58-54(84)60-24-40-12-10-14-42(20-40)26-62-56(86)64-52-50(80-36(8)72)48(78-34(6)70)46(76-32(4)68)44(82-52)28-74-30(2)66/h9-20,43-52H,21-28H2,1-8H3,(H2,57,59,83)(H2,58,60,84)(H2,61,63,85)(H2,62,64,86)/t43-,44-,45-,46-,47+,48+,49-,50-,51-,52-/m1/s1.